The van der Waals surface area contributed by atoms with Gasteiger partial charge in [0.25, 0.3) is 0 Å². The molecule has 1 aromatic carbocycles. The van der Waals surface area contributed by atoms with Crippen LogP contribution in [0.5, 0.6) is 0 Å². The summed E-state index contributed by atoms with van der Waals surface area (Å²) < 4.78 is 0. The first-order valence-electron chi connectivity index (χ1n) is 5.76. The summed E-state index contributed by atoms with van der Waals surface area (Å²) in [5.41, 5.74) is 3.25. The standard InChI is InChI=1S/C14H15NOS/c1-3-4-11-5-7-12(8-6-11)14-15-10(2)13(9-16)17-14/h5-9H,3-4H2,1-2H3. The van der Waals surface area contributed by atoms with Crippen LogP contribution in [0.3, 0.4) is 0 Å². The van der Waals surface area contributed by atoms with Crippen LogP contribution in [-0.2, 0) is 6.42 Å². The van der Waals surface area contributed by atoms with E-state index in [1.165, 1.54) is 16.9 Å². The van der Waals surface area contributed by atoms with E-state index in [-0.39, 0.29) is 0 Å². The maximum atomic E-state index is 10.8. The summed E-state index contributed by atoms with van der Waals surface area (Å²) in [6.45, 7) is 4.05. The molecule has 0 fully saturated rings. The van der Waals surface area contributed by atoms with Gasteiger partial charge in [-0.2, -0.15) is 0 Å². The quantitative estimate of drug-likeness (QED) is 0.765. The van der Waals surface area contributed by atoms with Crippen LogP contribution in [0.15, 0.2) is 24.3 Å². The second kappa shape index (κ2) is 5.23. The fraction of sp³-hybridized carbons (Fsp3) is 0.286. The predicted octanol–water partition coefficient (Wildman–Crippen LogP) is 3.88. The Morgan fingerprint density at radius 2 is 2.00 bits per heavy atom. The molecule has 2 aromatic rings. The minimum Gasteiger partial charge on any atom is -0.297 e. The first kappa shape index (κ1) is 12.0. The van der Waals surface area contributed by atoms with Crippen molar-refractivity contribution in [1.82, 2.24) is 4.98 Å². The van der Waals surface area contributed by atoms with Crippen molar-refractivity contribution < 1.29 is 4.79 Å². The molecule has 0 saturated heterocycles. The molecular weight excluding hydrogens is 230 g/mol. The van der Waals surface area contributed by atoms with Gasteiger partial charge in [-0.15, -0.1) is 11.3 Å². The van der Waals surface area contributed by atoms with Crippen LogP contribution in [-0.4, -0.2) is 11.3 Å². The van der Waals surface area contributed by atoms with Crippen molar-refractivity contribution in [2.75, 3.05) is 0 Å². The molecule has 0 amide bonds. The van der Waals surface area contributed by atoms with E-state index in [0.29, 0.717) is 0 Å². The van der Waals surface area contributed by atoms with Crippen LogP contribution in [0.25, 0.3) is 10.6 Å². The summed E-state index contributed by atoms with van der Waals surface area (Å²) in [5.74, 6) is 0. The van der Waals surface area contributed by atoms with Gasteiger partial charge in [0, 0.05) is 5.56 Å². The summed E-state index contributed by atoms with van der Waals surface area (Å²) in [6.07, 6.45) is 3.14. The molecule has 0 atom stereocenters. The summed E-state index contributed by atoms with van der Waals surface area (Å²) in [5, 5.41) is 0.924. The Hall–Kier alpha value is -1.48. The van der Waals surface area contributed by atoms with Gasteiger partial charge < -0.3 is 0 Å². The van der Waals surface area contributed by atoms with Gasteiger partial charge in [-0.25, -0.2) is 4.98 Å². The highest BCUT2D eigenvalue weighted by atomic mass is 32.1. The van der Waals surface area contributed by atoms with Crippen LogP contribution in [0, 0.1) is 6.92 Å². The van der Waals surface area contributed by atoms with Crippen molar-refractivity contribution in [3.63, 3.8) is 0 Å². The fourth-order valence-corrected chi connectivity index (χ4v) is 2.63. The molecular formula is C14H15NOS. The van der Waals surface area contributed by atoms with E-state index >= 15 is 0 Å². The Labute approximate surface area is 105 Å². The van der Waals surface area contributed by atoms with Crippen molar-refractivity contribution in [3.8, 4) is 10.6 Å². The molecule has 3 heteroatoms. The number of aromatic nitrogens is 1. The smallest absolute Gasteiger partial charge is 0.161 e. The number of thiazole rings is 1. The Morgan fingerprint density at radius 1 is 1.29 bits per heavy atom. The Kier molecular flexibility index (Phi) is 3.69. The van der Waals surface area contributed by atoms with Gasteiger partial charge in [0.2, 0.25) is 0 Å². The minimum atomic E-state index is 0.720. The van der Waals surface area contributed by atoms with Gasteiger partial charge in [-0.3, -0.25) is 4.79 Å². The lowest BCUT2D eigenvalue weighted by atomic mass is 10.1. The zero-order valence-electron chi connectivity index (χ0n) is 10.1. The Balaban J connectivity index is 2.29. The van der Waals surface area contributed by atoms with E-state index in [1.807, 2.05) is 6.92 Å². The van der Waals surface area contributed by atoms with Gasteiger partial charge in [0.15, 0.2) is 6.29 Å². The summed E-state index contributed by atoms with van der Waals surface area (Å²) >= 11 is 1.45. The fourth-order valence-electron chi connectivity index (χ4n) is 1.74. The van der Waals surface area contributed by atoms with Crippen LogP contribution >= 0.6 is 11.3 Å². The molecule has 0 saturated carbocycles. The third kappa shape index (κ3) is 2.61. The lowest BCUT2D eigenvalue weighted by Crippen LogP contribution is -1.83. The molecule has 17 heavy (non-hydrogen) atoms. The lowest BCUT2D eigenvalue weighted by Gasteiger charge is -2.00. The highest BCUT2D eigenvalue weighted by molar-refractivity contribution is 7.16. The Morgan fingerprint density at radius 3 is 2.53 bits per heavy atom. The van der Waals surface area contributed by atoms with E-state index < -0.39 is 0 Å². The van der Waals surface area contributed by atoms with Crippen molar-refractivity contribution >= 4 is 17.6 Å². The molecule has 0 aliphatic heterocycles. The highest BCUT2D eigenvalue weighted by Crippen LogP contribution is 2.27. The van der Waals surface area contributed by atoms with Crippen molar-refractivity contribution in [2.24, 2.45) is 0 Å². The molecule has 0 spiro atoms. The van der Waals surface area contributed by atoms with Crippen LogP contribution < -0.4 is 0 Å². The number of nitrogens with zero attached hydrogens (tertiary/aromatic N) is 1. The number of hydrogen-bond acceptors (Lipinski definition) is 3. The van der Waals surface area contributed by atoms with E-state index in [1.54, 1.807) is 0 Å². The number of rotatable bonds is 4. The van der Waals surface area contributed by atoms with E-state index in [4.69, 9.17) is 0 Å². The molecule has 1 aromatic heterocycles. The normalized spacial score (nSPS) is 10.5. The van der Waals surface area contributed by atoms with Gasteiger partial charge in [0.1, 0.15) is 5.01 Å². The maximum Gasteiger partial charge on any atom is 0.161 e. The van der Waals surface area contributed by atoms with E-state index in [9.17, 15) is 4.79 Å². The van der Waals surface area contributed by atoms with Crippen LogP contribution in [0.4, 0.5) is 0 Å². The zero-order valence-corrected chi connectivity index (χ0v) is 10.9. The van der Waals surface area contributed by atoms with Gasteiger partial charge in [-0.1, -0.05) is 37.6 Å². The summed E-state index contributed by atoms with van der Waals surface area (Å²) in [7, 11) is 0. The van der Waals surface area contributed by atoms with Crippen LogP contribution in [0.2, 0.25) is 0 Å². The zero-order chi connectivity index (χ0) is 12.3. The Bertz CT molecular complexity index is 514. The second-order valence-corrected chi connectivity index (χ2v) is 5.06. The number of aryl methyl sites for hydroxylation is 2. The van der Waals surface area contributed by atoms with Gasteiger partial charge >= 0.3 is 0 Å². The van der Waals surface area contributed by atoms with Gasteiger partial charge in [0.05, 0.1) is 10.6 Å². The number of carbonyl (C=O) groups excluding carboxylic acids is 1. The molecule has 0 bridgehead atoms. The molecule has 0 N–H and O–H groups in total. The molecule has 1 heterocycles. The monoisotopic (exact) mass is 245 g/mol. The SMILES string of the molecule is CCCc1ccc(-c2nc(C)c(C=O)s2)cc1. The van der Waals surface area contributed by atoms with E-state index in [2.05, 4.69) is 36.2 Å². The molecule has 0 radical (unpaired) electrons. The molecule has 0 aliphatic rings. The molecule has 2 rings (SSSR count). The highest BCUT2D eigenvalue weighted by Gasteiger charge is 2.08. The average Bonchev–Trinajstić information content (AvgIpc) is 2.72. The van der Waals surface area contributed by atoms with Crippen molar-refractivity contribution in [2.45, 2.75) is 26.7 Å². The topological polar surface area (TPSA) is 30.0 Å². The summed E-state index contributed by atoms with van der Waals surface area (Å²) in [6, 6.07) is 8.43. The van der Waals surface area contributed by atoms with Crippen LogP contribution in [0.1, 0.15) is 34.3 Å². The maximum absolute atomic E-state index is 10.8. The first-order chi connectivity index (χ1) is 8.24. The molecule has 2 nitrogen and oxygen atoms in total. The van der Waals surface area contributed by atoms with Crippen molar-refractivity contribution in [3.05, 3.63) is 40.4 Å². The predicted molar refractivity (Wildman–Crippen MR) is 71.7 cm³/mol. The molecule has 0 unspecified atom stereocenters. The van der Waals surface area contributed by atoms with Gasteiger partial charge in [-0.05, 0) is 18.9 Å². The second-order valence-electron chi connectivity index (χ2n) is 4.03. The third-order valence-electron chi connectivity index (χ3n) is 2.68. The number of benzene rings is 1. The minimum absolute atomic E-state index is 0.720. The largest absolute Gasteiger partial charge is 0.297 e. The number of carbonyl (C=O) groups is 1. The van der Waals surface area contributed by atoms with Crippen molar-refractivity contribution in [1.29, 1.82) is 0 Å². The van der Waals surface area contributed by atoms with E-state index in [0.717, 1.165) is 40.3 Å². The average molecular weight is 245 g/mol. The summed E-state index contributed by atoms with van der Waals surface area (Å²) in [4.78, 5) is 15.9. The number of hydrogen-bond donors (Lipinski definition) is 0. The first-order valence-corrected chi connectivity index (χ1v) is 6.58. The third-order valence-corrected chi connectivity index (χ3v) is 3.81. The lowest BCUT2D eigenvalue weighted by molar-refractivity contribution is 0.112. The number of aldehydes is 1. The molecule has 0 aliphatic carbocycles. The molecule has 88 valence electrons.